The Morgan fingerprint density at radius 2 is 2.19 bits per heavy atom. The number of carbonyl (C=O) groups excluding carboxylic acids is 1. The molecule has 0 unspecified atom stereocenters. The van der Waals surface area contributed by atoms with Crippen LogP contribution in [0.15, 0.2) is 23.1 Å². The van der Waals surface area contributed by atoms with Gasteiger partial charge in [-0.1, -0.05) is 18.5 Å². The summed E-state index contributed by atoms with van der Waals surface area (Å²) >= 11 is 5.82. The number of fused-ring (bicyclic) bond motifs is 1. The van der Waals surface area contributed by atoms with Gasteiger partial charge in [0.05, 0.1) is 5.02 Å². The van der Waals surface area contributed by atoms with Crippen molar-refractivity contribution in [1.29, 1.82) is 0 Å². The highest BCUT2D eigenvalue weighted by molar-refractivity contribution is 6.30. The third kappa shape index (κ3) is 3.32. The molecule has 1 amide bonds. The lowest BCUT2D eigenvalue weighted by Gasteiger charge is -2.08. The van der Waals surface area contributed by atoms with E-state index in [1.807, 2.05) is 6.92 Å². The second-order valence-corrected chi connectivity index (χ2v) is 4.74. The van der Waals surface area contributed by atoms with Crippen molar-refractivity contribution in [3.8, 4) is 5.88 Å². The van der Waals surface area contributed by atoms with Crippen LogP contribution >= 0.6 is 11.6 Å². The Morgan fingerprint density at radius 1 is 1.43 bits per heavy atom. The SMILES string of the molecule is CCNCCNC(=O)c1c(O)nc2ccc(Cl)cn2c1=O. The predicted molar refractivity (Wildman–Crippen MR) is 79.0 cm³/mol. The van der Waals surface area contributed by atoms with Gasteiger partial charge in [-0.05, 0) is 18.7 Å². The summed E-state index contributed by atoms with van der Waals surface area (Å²) in [5, 5.41) is 15.7. The zero-order valence-electron chi connectivity index (χ0n) is 11.4. The molecule has 0 saturated heterocycles. The molecule has 2 aromatic heterocycles. The second-order valence-electron chi connectivity index (χ2n) is 4.30. The number of nitrogens with zero attached hydrogens (tertiary/aromatic N) is 2. The summed E-state index contributed by atoms with van der Waals surface area (Å²) in [5.41, 5.74) is -0.849. The number of amides is 1. The third-order valence-corrected chi connectivity index (χ3v) is 3.06. The van der Waals surface area contributed by atoms with Crippen LogP contribution in [0.4, 0.5) is 0 Å². The molecule has 0 radical (unpaired) electrons. The molecule has 112 valence electrons. The first-order chi connectivity index (χ1) is 10.0. The first-order valence-corrected chi connectivity index (χ1v) is 6.82. The molecule has 0 saturated carbocycles. The van der Waals surface area contributed by atoms with E-state index in [0.717, 1.165) is 10.9 Å². The van der Waals surface area contributed by atoms with E-state index in [4.69, 9.17) is 11.6 Å². The molecule has 0 bridgehead atoms. The quantitative estimate of drug-likeness (QED) is 0.695. The molecule has 7 nitrogen and oxygen atoms in total. The number of halogens is 1. The van der Waals surface area contributed by atoms with Crippen LogP contribution in [-0.2, 0) is 0 Å². The molecular weight excluding hydrogens is 296 g/mol. The fraction of sp³-hybridized carbons (Fsp3) is 0.308. The number of hydrogen-bond donors (Lipinski definition) is 3. The van der Waals surface area contributed by atoms with Gasteiger partial charge in [0, 0.05) is 19.3 Å². The second kappa shape index (κ2) is 6.55. The largest absolute Gasteiger partial charge is 0.493 e. The summed E-state index contributed by atoms with van der Waals surface area (Å²) in [6.07, 6.45) is 1.35. The molecule has 0 aliphatic heterocycles. The summed E-state index contributed by atoms with van der Waals surface area (Å²) in [7, 11) is 0. The number of pyridine rings is 1. The average Bonchev–Trinajstić information content (AvgIpc) is 2.44. The Bertz CT molecular complexity index is 729. The first kappa shape index (κ1) is 15.3. The zero-order chi connectivity index (χ0) is 15.4. The molecule has 0 atom stereocenters. The van der Waals surface area contributed by atoms with Gasteiger partial charge in [-0.3, -0.25) is 14.0 Å². The Labute approximate surface area is 125 Å². The molecule has 2 rings (SSSR count). The normalized spacial score (nSPS) is 10.8. The van der Waals surface area contributed by atoms with Crippen LogP contribution in [0.2, 0.25) is 5.02 Å². The van der Waals surface area contributed by atoms with Crippen LogP contribution in [0.3, 0.4) is 0 Å². The monoisotopic (exact) mass is 310 g/mol. The summed E-state index contributed by atoms with van der Waals surface area (Å²) in [6, 6.07) is 3.02. The van der Waals surface area contributed by atoms with Crippen molar-refractivity contribution in [3.63, 3.8) is 0 Å². The molecule has 2 aromatic rings. The average molecular weight is 311 g/mol. The number of aromatic nitrogens is 2. The molecule has 3 N–H and O–H groups in total. The van der Waals surface area contributed by atoms with Crippen molar-refractivity contribution in [2.75, 3.05) is 19.6 Å². The van der Waals surface area contributed by atoms with E-state index in [2.05, 4.69) is 15.6 Å². The molecule has 0 spiro atoms. The summed E-state index contributed by atoms with van der Waals surface area (Å²) < 4.78 is 1.13. The molecule has 21 heavy (non-hydrogen) atoms. The smallest absolute Gasteiger partial charge is 0.274 e. The minimum absolute atomic E-state index is 0.214. The van der Waals surface area contributed by atoms with Crippen molar-refractivity contribution in [3.05, 3.63) is 39.3 Å². The lowest BCUT2D eigenvalue weighted by molar-refractivity contribution is 0.0949. The van der Waals surface area contributed by atoms with E-state index in [9.17, 15) is 14.7 Å². The van der Waals surface area contributed by atoms with Gasteiger partial charge in [0.15, 0.2) is 5.56 Å². The highest BCUT2D eigenvalue weighted by atomic mass is 35.5. The molecule has 0 aliphatic carbocycles. The van der Waals surface area contributed by atoms with Crippen LogP contribution in [-0.4, -0.2) is 40.0 Å². The molecular formula is C13H15ClN4O3. The highest BCUT2D eigenvalue weighted by Crippen LogP contribution is 2.13. The Morgan fingerprint density at radius 3 is 2.90 bits per heavy atom. The number of rotatable bonds is 5. The van der Waals surface area contributed by atoms with Crippen molar-refractivity contribution in [2.45, 2.75) is 6.92 Å². The third-order valence-electron chi connectivity index (χ3n) is 2.83. The van der Waals surface area contributed by atoms with Crippen LogP contribution in [0.25, 0.3) is 5.65 Å². The highest BCUT2D eigenvalue weighted by Gasteiger charge is 2.19. The van der Waals surface area contributed by atoms with E-state index in [-0.39, 0.29) is 5.65 Å². The molecule has 0 fully saturated rings. The summed E-state index contributed by atoms with van der Waals surface area (Å²) in [4.78, 5) is 28.1. The van der Waals surface area contributed by atoms with Gasteiger partial charge in [-0.2, -0.15) is 4.98 Å². The van der Waals surface area contributed by atoms with Crippen molar-refractivity contribution in [2.24, 2.45) is 0 Å². The number of likely N-dealkylation sites (N-methyl/N-ethyl adjacent to an activating group) is 1. The minimum Gasteiger partial charge on any atom is -0.493 e. The Hall–Kier alpha value is -2.12. The van der Waals surface area contributed by atoms with Gasteiger partial charge in [0.25, 0.3) is 11.5 Å². The maximum Gasteiger partial charge on any atom is 0.274 e. The van der Waals surface area contributed by atoms with Crippen LogP contribution in [0.5, 0.6) is 5.88 Å². The van der Waals surface area contributed by atoms with E-state index in [0.29, 0.717) is 18.1 Å². The van der Waals surface area contributed by atoms with Crippen molar-refractivity contribution in [1.82, 2.24) is 20.0 Å². The van der Waals surface area contributed by atoms with Gasteiger partial charge in [0.2, 0.25) is 5.88 Å². The topological polar surface area (TPSA) is 95.7 Å². The van der Waals surface area contributed by atoms with Crippen LogP contribution in [0.1, 0.15) is 17.3 Å². The van der Waals surface area contributed by atoms with E-state index < -0.39 is 22.9 Å². The summed E-state index contributed by atoms with van der Waals surface area (Å²) in [5.74, 6) is -1.26. The van der Waals surface area contributed by atoms with Crippen molar-refractivity contribution < 1.29 is 9.90 Å². The standard InChI is InChI=1S/C13H15ClN4O3/c1-2-15-5-6-16-11(19)10-12(20)17-9-4-3-8(14)7-18(9)13(10)21/h3-4,7,15,20H,2,5-6H2,1H3,(H,16,19). The van der Waals surface area contributed by atoms with Gasteiger partial charge in [0.1, 0.15) is 5.65 Å². The van der Waals surface area contributed by atoms with Gasteiger partial charge >= 0.3 is 0 Å². The van der Waals surface area contributed by atoms with E-state index in [1.54, 1.807) is 6.07 Å². The predicted octanol–water partition coefficient (Wildman–Crippen LogP) is 0.393. The maximum atomic E-state index is 12.3. The van der Waals surface area contributed by atoms with Crippen LogP contribution < -0.4 is 16.2 Å². The number of carbonyl (C=O) groups is 1. The fourth-order valence-corrected chi connectivity index (χ4v) is 1.99. The minimum atomic E-state index is -0.669. The molecule has 8 heteroatoms. The van der Waals surface area contributed by atoms with Gasteiger partial charge < -0.3 is 15.7 Å². The van der Waals surface area contributed by atoms with Gasteiger partial charge in [-0.25, -0.2) is 0 Å². The lowest BCUT2D eigenvalue weighted by atomic mass is 10.3. The Kier molecular flexibility index (Phi) is 4.77. The van der Waals surface area contributed by atoms with E-state index >= 15 is 0 Å². The first-order valence-electron chi connectivity index (χ1n) is 6.44. The van der Waals surface area contributed by atoms with Crippen LogP contribution in [0, 0.1) is 0 Å². The van der Waals surface area contributed by atoms with Crippen molar-refractivity contribution >= 4 is 23.2 Å². The number of nitrogens with one attached hydrogen (secondary N) is 2. The molecule has 2 heterocycles. The van der Waals surface area contributed by atoms with E-state index in [1.165, 1.54) is 12.3 Å². The summed E-state index contributed by atoms with van der Waals surface area (Å²) in [6.45, 7) is 3.62. The molecule has 0 aromatic carbocycles. The lowest BCUT2D eigenvalue weighted by Crippen LogP contribution is -2.35. The number of hydrogen-bond acceptors (Lipinski definition) is 5. The van der Waals surface area contributed by atoms with Gasteiger partial charge in [-0.15, -0.1) is 0 Å². The number of aromatic hydroxyl groups is 1. The maximum absolute atomic E-state index is 12.3. The Balaban J connectivity index is 2.35. The zero-order valence-corrected chi connectivity index (χ0v) is 12.1. The fourth-order valence-electron chi connectivity index (χ4n) is 1.83. The molecule has 0 aliphatic rings.